The number of carbonyl (C=O) groups is 1. The quantitative estimate of drug-likeness (QED) is 0.683. The number of rotatable bonds is 7. The van der Waals surface area contributed by atoms with Crippen LogP contribution in [-0.4, -0.2) is 54.7 Å². The molecule has 0 saturated carbocycles. The number of benzene rings is 1. The Balaban J connectivity index is 2.00. The highest BCUT2D eigenvalue weighted by Gasteiger charge is 2.33. The molecule has 158 valence electrons. The van der Waals surface area contributed by atoms with Crippen molar-refractivity contribution in [3.05, 3.63) is 35.2 Å². The number of ether oxygens (including phenoxy) is 2. The van der Waals surface area contributed by atoms with E-state index in [9.17, 15) is 13.2 Å². The molecule has 1 saturated heterocycles. The summed E-state index contributed by atoms with van der Waals surface area (Å²) >= 11 is 0. The number of hydrogen-bond donors (Lipinski definition) is 0. The summed E-state index contributed by atoms with van der Waals surface area (Å²) in [4.78, 5) is 13.2. The molecule has 0 bridgehead atoms. The molecule has 1 aromatic carbocycles. The molecule has 0 aliphatic carbocycles. The van der Waals surface area contributed by atoms with E-state index in [1.165, 1.54) is 4.31 Å². The smallest absolute Gasteiger partial charge is 0.278 e. The Hall–Kier alpha value is -2.39. The second kappa shape index (κ2) is 8.54. The highest BCUT2D eigenvalue weighted by molar-refractivity contribution is 7.89. The molecule has 9 heteroatoms. The van der Waals surface area contributed by atoms with Crippen LogP contribution in [-0.2, 0) is 10.0 Å². The van der Waals surface area contributed by atoms with Crippen molar-refractivity contribution in [3.63, 3.8) is 0 Å². The number of hydrogen-bond acceptors (Lipinski definition) is 6. The number of carbonyl (C=O) groups excluding carboxylic acids is 1. The Bertz CT molecular complexity index is 1010. The molecular formula is C20H27N3O5S. The van der Waals surface area contributed by atoms with Crippen LogP contribution in [0.5, 0.6) is 11.5 Å². The third kappa shape index (κ3) is 4.02. The van der Waals surface area contributed by atoms with E-state index in [-0.39, 0.29) is 4.90 Å². The van der Waals surface area contributed by atoms with Crippen LogP contribution in [0.25, 0.3) is 0 Å². The van der Waals surface area contributed by atoms with Gasteiger partial charge in [-0.25, -0.2) is 8.42 Å². The second-order valence-electron chi connectivity index (χ2n) is 6.86. The van der Waals surface area contributed by atoms with Gasteiger partial charge in [-0.1, -0.05) is 0 Å². The van der Waals surface area contributed by atoms with E-state index < -0.39 is 15.9 Å². The highest BCUT2D eigenvalue weighted by Crippen LogP contribution is 2.30. The fourth-order valence-electron chi connectivity index (χ4n) is 3.56. The van der Waals surface area contributed by atoms with Gasteiger partial charge in [0.25, 0.3) is 5.91 Å². The van der Waals surface area contributed by atoms with Crippen molar-refractivity contribution in [1.29, 1.82) is 0 Å². The summed E-state index contributed by atoms with van der Waals surface area (Å²) in [5.41, 5.74) is 0.970. The number of sulfonamides is 1. The van der Waals surface area contributed by atoms with Crippen molar-refractivity contribution in [1.82, 2.24) is 14.1 Å². The molecule has 0 amide bonds. The first-order valence-electron chi connectivity index (χ1n) is 9.82. The van der Waals surface area contributed by atoms with Gasteiger partial charge >= 0.3 is 0 Å². The fraction of sp³-hybridized carbons (Fsp3) is 0.500. The maximum Gasteiger partial charge on any atom is 0.278 e. The largest absolute Gasteiger partial charge is 0.490 e. The van der Waals surface area contributed by atoms with E-state index in [0.717, 1.165) is 17.5 Å². The minimum absolute atomic E-state index is 0.115. The molecule has 0 radical (unpaired) electrons. The first-order chi connectivity index (χ1) is 13.8. The van der Waals surface area contributed by atoms with Gasteiger partial charge in [-0.2, -0.15) is 14.1 Å². The van der Waals surface area contributed by atoms with Crippen LogP contribution in [0.1, 0.15) is 48.4 Å². The van der Waals surface area contributed by atoms with E-state index in [2.05, 4.69) is 5.10 Å². The topological polar surface area (TPSA) is 90.7 Å². The molecule has 1 aliphatic rings. The van der Waals surface area contributed by atoms with Gasteiger partial charge < -0.3 is 9.47 Å². The molecule has 2 heterocycles. The molecule has 0 spiro atoms. The van der Waals surface area contributed by atoms with Gasteiger partial charge in [0.2, 0.25) is 10.0 Å². The lowest BCUT2D eigenvalue weighted by Gasteiger charge is -2.15. The Morgan fingerprint density at radius 1 is 1.07 bits per heavy atom. The van der Waals surface area contributed by atoms with Crippen molar-refractivity contribution in [3.8, 4) is 11.5 Å². The zero-order valence-corrected chi connectivity index (χ0v) is 18.1. The molecule has 0 atom stereocenters. The van der Waals surface area contributed by atoms with Crippen LogP contribution in [0.4, 0.5) is 0 Å². The van der Waals surface area contributed by atoms with E-state index in [1.807, 2.05) is 13.8 Å². The summed E-state index contributed by atoms with van der Waals surface area (Å²) in [6, 6.07) is 4.90. The maximum absolute atomic E-state index is 13.1. The average Bonchev–Trinajstić information content (AvgIpc) is 3.32. The summed E-state index contributed by atoms with van der Waals surface area (Å²) in [6.45, 7) is 8.84. The number of aryl methyl sites for hydroxylation is 1. The van der Waals surface area contributed by atoms with Crippen LogP contribution >= 0.6 is 0 Å². The first kappa shape index (κ1) is 21.3. The Morgan fingerprint density at radius 3 is 2.31 bits per heavy atom. The van der Waals surface area contributed by atoms with Crippen molar-refractivity contribution in [2.45, 2.75) is 45.4 Å². The zero-order chi connectivity index (χ0) is 21.2. The fourth-order valence-corrected chi connectivity index (χ4v) is 5.43. The highest BCUT2D eigenvalue weighted by atomic mass is 32.2. The predicted molar refractivity (Wildman–Crippen MR) is 108 cm³/mol. The molecular weight excluding hydrogens is 394 g/mol. The molecule has 3 rings (SSSR count). The van der Waals surface area contributed by atoms with Gasteiger partial charge in [-0.3, -0.25) is 4.79 Å². The van der Waals surface area contributed by atoms with Gasteiger partial charge in [0, 0.05) is 18.7 Å². The Labute approximate surface area is 171 Å². The molecule has 2 aromatic rings. The molecule has 1 fully saturated rings. The number of nitrogens with zero attached hydrogens (tertiary/aromatic N) is 3. The van der Waals surface area contributed by atoms with Crippen molar-refractivity contribution in [2.75, 3.05) is 26.3 Å². The average molecular weight is 422 g/mol. The van der Waals surface area contributed by atoms with Crippen LogP contribution in [0.2, 0.25) is 0 Å². The first-order valence-corrected chi connectivity index (χ1v) is 11.3. The number of aromatic nitrogens is 2. The summed E-state index contributed by atoms with van der Waals surface area (Å²) < 4.78 is 39.8. The molecule has 1 aromatic heterocycles. The Kier molecular flexibility index (Phi) is 6.28. The van der Waals surface area contributed by atoms with Crippen LogP contribution in [0.15, 0.2) is 23.1 Å². The normalized spacial score (nSPS) is 14.9. The monoisotopic (exact) mass is 421 g/mol. The van der Waals surface area contributed by atoms with E-state index in [4.69, 9.17) is 9.47 Å². The molecule has 1 aliphatic heterocycles. The predicted octanol–water partition coefficient (Wildman–Crippen LogP) is 2.77. The van der Waals surface area contributed by atoms with Crippen LogP contribution < -0.4 is 9.47 Å². The van der Waals surface area contributed by atoms with E-state index in [1.54, 1.807) is 32.0 Å². The van der Waals surface area contributed by atoms with Gasteiger partial charge in [-0.05, 0) is 58.7 Å². The summed E-state index contributed by atoms with van der Waals surface area (Å²) in [6.07, 6.45) is 1.69. The summed E-state index contributed by atoms with van der Waals surface area (Å²) in [5.74, 6) is 0.598. The van der Waals surface area contributed by atoms with Gasteiger partial charge in [0.05, 0.1) is 24.6 Å². The molecule has 8 nitrogen and oxygen atoms in total. The molecule has 0 N–H and O–H groups in total. The van der Waals surface area contributed by atoms with Crippen LogP contribution in [0.3, 0.4) is 0 Å². The third-order valence-corrected chi connectivity index (χ3v) is 7.02. The molecule has 0 unspecified atom stereocenters. The lowest BCUT2D eigenvalue weighted by molar-refractivity contribution is 0.0941. The SMILES string of the molecule is CCOc1ccc(C(=O)n2nc(C)c(S(=O)(=O)N3CCCC3)c2C)cc1OCC. The van der Waals surface area contributed by atoms with Gasteiger partial charge in [0.1, 0.15) is 4.90 Å². The third-order valence-electron chi connectivity index (χ3n) is 4.87. The Morgan fingerprint density at radius 2 is 1.69 bits per heavy atom. The standard InChI is InChI=1S/C20H27N3O5S/c1-5-27-17-10-9-16(13-18(17)28-6-2)20(24)23-15(4)19(14(3)21-23)29(25,26)22-11-7-8-12-22/h9-10,13H,5-8,11-12H2,1-4H3. The van der Waals surface area contributed by atoms with Crippen molar-refractivity contribution < 1.29 is 22.7 Å². The zero-order valence-electron chi connectivity index (χ0n) is 17.3. The van der Waals surface area contributed by atoms with E-state index in [0.29, 0.717) is 54.8 Å². The minimum Gasteiger partial charge on any atom is -0.490 e. The second-order valence-corrected chi connectivity index (χ2v) is 8.73. The molecule has 29 heavy (non-hydrogen) atoms. The van der Waals surface area contributed by atoms with Crippen molar-refractivity contribution in [2.24, 2.45) is 0 Å². The maximum atomic E-state index is 13.1. The summed E-state index contributed by atoms with van der Waals surface area (Å²) in [5, 5.41) is 4.25. The lowest BCUT2D eigenvalue weighted by atomic mass is 10.2. The van der Waals surface area contributed by atoms with Gasteiger partial charge in [0.15, 0.2) is 11.5 Å². The minimum atomic E-state index is -3.67. The summed E-state index contributed by atoms with van der Waals surface area (Å²) in [7, 11) is -3.67. The van der Waals surface area contributed by atoms with Crippen LogP contribution in [0, 0.1) is 13.8 Å². The van der Waals surface area contributed by atoms with E-state index >= 15 is 0 Å². The van der Waals surface area contributed by atoms with Gasteiger partial charge in [-0.15, -0.1) is 0 Å². The lowest BCUT2D eigenvalue weighted by Crippen LogP contribution is -2.29. The van der Waals surface area contributed by atoms with Crippen molar-refractivity contribution >= 4 is 15.9 Å².